The van der Waals surface area contributed by atoms with Gasteiger partial charge in [0, 0.05) is 4.90 Å². The second kappa shape index (κ2) is 7.14. The highest BCUT2D eigenvalue weighted by molar-refractivity contribution is 7.99. The van der Waals surface area contributed by atoms with E-state index in [4.69, 9.17) is 0 Å². The van der Waals surface area contributed by atoms with Gasteiger partial charge in [-0.15, -0.1) is 11.8 Å². The molecule has 0 heterocycles. The van der Waals surface area contributed by atoms with E-state index in [0.717, 1.165) is 0 Å². The van der Waals surface area contributed by atoms with Gasteiger partial charge in [-0.3, -0.25) is 0 Å². The van der Waals surface area contributed by atoms with Crippen molar-refractivity contribution in [2.24, 2.45) is 0 Å². The van der Waals surface area contributed by atoms with E-state index in [1.54, 1.807) is 5.19 Å². The van der Waals surface area contributed by atoms with E-state index < -0.39 is 8.07 Å². The van der Waals surface area contributed by atoms with Crippen LogP contribution in [0, 0.1) is 0 Å². The Bertz CT molecular complexity index is 511. The normalized spacial score (nSPS) is 11.6. The van der Waals surface area contributed by atoms with Gasteiger partial charge in [0.2, 0.25) is 0 Å². The SMILES string of the molecule is C[Si](C)(C)c1ccc(SCCCc2ccccc2)cc1. The Morgan fingerprint density at radius 3 is 2.10 bits per heavy atom. The lowest BCUT2D eigenvalue weighted by Crippen LogP contribution is -2.37. The average molecular weight is 301 g/mol. The van der Waals surface area contributed by atoms with Crippen molar-refractivity contribution in [3.05, 3.63) is 60.2 Å². The Hall–Kier alpha value is -0.993. The lowest BCUT2D eigenvalue weighted by Gasteiger charge is -2.16. The lowest BCUT2D eigenvalue weighted by atomic mass is 10.1. The first kappa shape index (κ1) is 15.4. The highest BCUT2D eigenvalue weighted by atomic mass is 32.2. The lowest BCUT2D eigenvalue weighted by molar-refractivity contribution is 0.933. The summed E-state index contributed by atoms with van der Waals surface area (Å²) in [6.45, 7) is 7.19. The molecule has 0 aromatic heterocycles. The molecule has 20 heavy (non-hydrogen) atoms. The van der Waals surface area contributed by atoms with Crippen LogP contribution in [0.25, 0.3) is 0 Å². The summed E-state index contributed by atoms with van der Waals surface area (Å²) in [6, 6.07) is 20.0. The summed E-state index contributed by atoms with van der Waals surface area (Å²) in [5.41, 5.74) is 1.45. The van der Waals surface area contributed by atoms with E-state index >= 15 is 0 Å². The fourth-order valence-corrected chi connectivity index (χ4v) is 4.18. The van der Waals surface area contributed by atoms with Crippen LogP contribution >= 0.6 is 11.8 Å². The van der Waals surface area contributed by atoms with Crippen molar-refractivity contribution in [1.82, 2.24) is 0 Å². The van der Waals surface area contributed by atoms with Crippen LogP contribution in [0.3, 0.4) is 0 Å². The highest BCUT2D eigenvalue weighted by Crippen LogP contribution is 2.19. The largest absolute Gasteiger partial charge is 0.126 e. The summed E-state index contributed by atoms with van der Waals surface area (Å²) in [4.78, 5) is 1.40. The Balaban J connectivity index is 1.77. The molecular weight excluding hydrogens is 276 g/mol. The summed E-state index contributed by atoms with van der Waals surface area (Å²) in [7, 11) is -1.15. The molecule has 2 aromatic carbocycles. The zero-order valence-electron chi connectivity index (χ0n) is 12.7. The number of rotatable bonds is 6. The number of aryl methyl sites for hydroxylation is 1. The minimum Gasteiger partial charge on any atom is -0.126 e. The molecule has 2 rings (SSSR count). The Morgan fingerprint density at radius 1 is 0.850 bits per heavy atom. The standard InChI is InChI=1S/C18H24SSi/c1-20(2,3)18-13-11-17(12-14-18)19-15-7-10-16-8-5-4-6-9-16/h4-6,8-9,11-14H,7,10,15H2,1-3H3. The molecule has 0 aliphatic carbocycles. The molecule has 0 atom stereocenters. The molecule has 0 saturated carbocycles. The van der Waals surface area contributed by atoms with Crippen molar-refractivity contribution in [2.45, 2.75) is 37.4 Å². The second-order valence-electron chi connectivity index (χ2n) is 6.21. The summed E-state index contributed by atoms with van der Waals surface area (Å²) in [6.07, 6.45) is 2.42. The molecule has 0 spiro atoms. The summed E-state index contributed by atoms with van der Waals surface area (Å²) in [5.74, 6) is 1.20. The van der Waals surface area contributed by atoms with Gasteiger partial charge in [-0.2, -0.15) is 0 Å². The molecule has 2 aromatic rings. The monoisotopic (exact) mass is 300 g/mol. The quantitative estimate of drug-likeness (QED) is 0.413. The summed E-state index contributed by atoms with van der Waals surface area (Å²) >= 11 is 1.97. The van der Waals surface area contributed by atoms with Gasteiger partial charge in [0.1, 0.15) is 0 Å². The topological polar surface area (TPSA) is 0 Å². The zero-order chi connectivity index (χ0) is 14.4. The molecule has 0 bridgehead atoms. The van der Waals surface area contributed by atoms with Crippen LogP contribution in [0.1, 0.15) is 12.0 Å². The number of hydrogen-bond donors (Lipinski definition) is 0. The van der Waals surface area contributed by atoms with Gasteiger partial charge in [0.05, 0.1) is 8.07 Å². The van der Waals surface area contributed by atoms with Crippen molar-refractivity contribution >= 4 is 25.0 Å². The zero-order valence-corrected chi connectivity index (χ0v) is 14.5. The third kappa shape index (κ3) is 4.84. The van der Waals surface area contributed by atoms with Crippen LogP contribution in [-0.4, -0.2) is 13.8 Å². The molecule has 0 unspecified atom stereocenters. The van der Waals surface area contributed by atoms with Crippen LogP contribution < -0.4 is 5.19 Å². The van der Waals surface area contributed by atoms with E-state index in [9.17, 15) is 0 Å². The Morgan fingerprint density at radius 2 is 1.50 bits per heavy atom. The van der Waals surface area contributed by atoms with Gasteiger partial charge in [-0.05, 0) is 36.3 Å². The molecule has 2 heteroatoms. The number of hydrogen-bond acceptors (Lipinski definition) is 1. The van der Waals surface area contributed by atoms with Gasteiger partial charge in [0.25, 0.3) is 0 Å². The van der Waals surface area contributed by atoms with Gasteiger partial charge < -0.3 is 0 Å². The van der Waals surface area contributed by atoms with Crippen molar-refractivity contribution in [3.8, 4) is 0 Å². The highest BCUT2D eigenvalue weighted by Gasteiger charge is 2.15. The maximum atomic E-state index is 2.40. The summed E-state index contributed by atoms with van der Waals surface area (Å²) in [5, 5.41) is 1.55. The maximum absolute atomic E-state index is 2.40. The smallest absolute Gasteiger partial charge is 0.0775 e. The molecule has 0 aliphatic rings. The minimum atomic E-state index is -1.15. The van der Waals surface area contributed by atoms with Crippen molar-refractivity contribution in [3.63, 3.8) is 0 Å². The number of thioether (sulfide) groups is 1. The third-order valence-electron chi connectivity index (χ3n) is 3.44. The molecule has 0 saturated heterocycles. The molecule has 0 nitrogen and oxygen atoms in total. The maximum Gasteiger partial charge on any atom is 0.0775 e. The fourth-order valence-electron chi connectivity index (χ4n) is 2.16. The first-order valence-electron chi connectivity index (χ1n) is 7.33. The average Bonchev–Trinajstić information content (AvgIpc) is 2.44. The van der Waals surface area contributed by atoms with Gasteiger partial charge >= 0.3 is 0 Å². The molecule has 0 aliphatic heterocycles. The fraction of sp³-hybridized carbons (Fsp3) is 0.333. The molecule has 0 radical (unpaired) electrons. The first-order chi connectivity index (χ1) is 9.55. The molecule has 0 N–H and O–H groups in total. The predicted octanol–water partition coefficient (Wildman–Crippen LogP) is 4.96. The third-order valence-corrected chi connectivity index (χ3v) is 6.61. The van der Waals surface area contributed by atoms with Crippen LogP contribution in [0.15, 0.2) is 59.5 Å². The van der Waals surface area contributed by atoms with Crippen molar-refractivity contribution in [1.29, 1.82) is 0 Å². The van der Waals surface area contributed by atoms with E-state index in [0.29, 0.717) is 0 Å². The Labute approximate surface area is 128 Å². The van der Waals surface area contributed by atoms with Crippen molar-refractivity contribution in [2.75, 3.05) is 5.75 Å². The first-order valence-corrected chi connectivity index (χ1v) is 11.8. The van der Waals surface area contributed by atoms with Crippen LogP contribution in [0.2, 0.25) is 19.6 Å². The Kier molecular flexibility index (Phi) is 5.50. The van der Waals surface area contributed by atoms with E-state index in [1.165, 1.54) is 29.1 Å². The second-order valence-corrected chi connectivity index (χ2v) is 12.5. The minimum absolute atomic E-state index is 1.15. The van der Waals surface area contributed by atoms with Crippen LogP contribution in [0.4, 0.5) is 0 Å². The molecule has 106 valence electrons. The van der Waals surface area contributed by atoms with Crippen LogP contribution in [-0.2, 0) is 6.42 Å². The predicted molar refractivity (Wildman–Crippen MR) is 94.9 cm³/mol. The van der Waals surface area contributed by atoms with E-state index in [1.807, 2.05) is 11.8 Å². The summed E-state index contributed by atoms with van der Waals surface area (Å²) < 4.78 is 0. The van der Waals surface area contributed by atoms with Crippen LogP contribution in [0.5, 0.6) is 0 Å². The van der Waals surface area contributed by atoms with Crippen molar-refractivity contribution < 1.29 is 0 Å². The number of benzene rings is 2. The molecule has 0 fully saturated rings. The molecular formula is C18H24SSi. The van der Waals surface area contributed by atoms with E-state index in [2.05, 4.69) is 74.2 Å². The van der Waals surface area contributed by atoms with Gasteiger partial charge in [-0.25, -0.2) is 0 Å². The van der Waals surface area contributed by atoms with Gasteiger partial charge in [0.15, 0.2) is 0 Å². The van der Waals surface area contributed by atoms with Gasteiger partial charge in [-0.1, -0.05) is 67.3 Å². The molecule has 0 amide bonds. The van der Waals surface area contributed by atoms with E-state index in [-0.39, 0.29) is 0 Å².